The average Bonchev–Trinajstić information content (AvgIpc) is 3.94. The Morgan fingerprint density at radius 2 is 0.884 bits per heavy atom. The number of hydrogen-bond donors (Lipinski definition) is 0. The van der Waals surface area contributed by atoms with Crippen LogP contribution < -0.4 is 4.90 Å². The fraction of sp³-hybridized carbons (Fsp3) is 0.0149. The van der Waals surface area contributed by atoms with Gasteiger partial charge in [0.05, 0.1) is 22.1 Å². The first-order valence-electron chi connectivity index (χ1n) is 23.9. The Bertz CT molecular complexity index is 4070. The molecule has 0 aliphatic heterocycles. The van der Waals surface area contributed by atoms with Crippen LogP contribution in [0.25, 0.3) is 82.2 Å². The molecule has 0 unspecified atom stereocenters. The summed E-state index contributed by atoms with van der Waals surface area (Å²) >= 11 is 0. The predicted octanol–water partition coefficient (Wildman–Crippen LogP) is 17.7. The first-order chi connectivity index (χ1) is 34.3. The molecule has 0 N–H and O–H groups in total. The average molecular weight is 877 g/mol. The van der Waals surface area contributed by atoms with Crippen LogP contribution in [0.1, 0.15) is 22.3 Å². The Labute approximate surface area is 401 Å². The molecule has 1 aliphatic rings. The van der Waals surface area contributed by atoms with Gasteiger partial charge >= 0.3 is 0 Å². The van der Waals surface area contributed by atoms with E-state index in [9.17, 15) is 0 Å². The number of pyridine rings is 1. The van der Waals surface area contributed by atoms with Gasteiger partial charge < -0.3 is 9.30 Å². The molecular formula is C67H44N2. The van der Waals surface area contributed by atoms with Crippen molar-refractivity contribution in [2.24, 2.45) is 0 Å². The van der Waals surface area contributed by atoms with Crippen LogP contribution >= 0.6 is 0 Å². The van der Waals surface area contributed by atoms with Crippen molar-refractivity contribution in [1.29, 1.82) is 0 Å². The van der Waals surface area contributed by atoms with E-state index in [-0.39, 0.29) is 0 Å². The van der Waals surface area contributed by atoms with Crippen molar-refractivity contribution in [3.63, 3.8) is 0 Å². The molecule has 1 aliphatic carbocycles. The topological polar surface area (TPSA) is 7.65 Å². The standard InChI is InChI=1S/C67H44N2/c1-4-20-47(21-5-1)64-63-34-18-33-62(69(63)66-59-31-15-13-28-55(59)54-27-12-14-30-58(54)65(64)66)46-36-38-51(39-37-46)68(52-40-35-45-19-10-11-22-48(45)43-52)53-41-42-57-56-29-16-17-32-60(56)67(61(57)44-53,49-23-6-2-7-24-49)50-25-8-3-9-26-50/h1-44H. The van der Waals surface area contributed by atoms with Crippen molar-refractivity contribution < 1.29 is 0 Å². The summed E-state index contributed by atoms with van der Waals surface area (Å²) in [5, 5.41) is 8.75. The molecule has 0 atom stereocenters. The normalized spacial score (nSPS) is 12.8. The second-order valence-electron chi connectivity index (χ2n) is 18.4. The zero-order valence-corrected chi connectivity index (χ0v) is 37.8. The second kappa shape index (κ2) is 15.6. The van der Waals surface area contributed by atoms with E-state index in [1.807, 2.05) is 0 Å². The fourth-order valence-corrected chi connectivity index (χ4v) is 11.9. The number of rotatable bonds is 7. The molecule has 2 aromatic heterocycles. The molecule has 0 amide bonds. The fourth-order valence-electron chi connectivity index (χ4n) is 11.9. The van der Waals surface area contributed by atoms with Gasteiger partial charge in [-0.25, -0.2) is 0 Å². The zero-order valence-electron chi connectivity index (χ0n) is 37.8. The minimum Gasteiger partial charge on any atom is -0.310 e. The Morgan fingerprint density at radius 3 is 1.62 bits per heavy atom. The number of nitrogens with zero attached hydrogens (tertiary/aromatic N) is 2. The van der Waals surface area contributed by atoms with Gasteiger partial charge in [-0.1, -0.05) is 218 Å². The maximum Gasteiger partial charge on any atom is 0.0714 e. The van der Waals surface area contributed by atoms with Gasteiger partial charge in [0.25, 0.3) is 0 Å². The Morgan fingerprint density at radius 1 is 0.333 bits per heavy atom. The molecule has 0 fully saturated rings. The van der Waals surface area contributed by atoms with Crippen LogP contribution in [0, 0.1) is 0 Å². The molecule has 13 aromatic rings. The smallest absolute Gasteiger partial charge is 0.0714 e. The van der Waals surface area contributed by atoms with Crippen LogP contribution in [-0.4, -0.2) is 4.40 Å². The number of anilines is 3. The summed E-state index contributed by atoms with van der Waals surface area (Å²) in [7, 11) is 0. The van der Waals surface area contributed by atoms with Crippen LogP contribution in [0.3, 0.4) is 0 Å². The highest BCUT2D eigenvalue weighted by molar-refractivity contribution is 6.30. The molecule has 0 saturated carbocycles. The van der Waals surface area contributed by atoms with E-state index in [4.69, 9.17) is 0 Å². The van der Waals surface area contributed by atoms with E-state index in [0.717, 1.165) is 28.3 Å². The summed E-state index contributed by atoms with van der Waals surface area (Å²) in [6.45, 7) is 0. The summed E-state index contributed by atoms with van der Waals surface area (Å²) in [5.41, 5.74) is 17.6. The lowest BCUT2D eigenvalue weighted by Crippen LogP contribution is -2.28. The maximum atomic E-state index is 2.52. The van der Waals surface area contributed by atoms with Crippen molar-refractivity contribution in [3.05, 3.63) is 289 Å². The van der Waals surface area contributed by atoms with E-state index in [2.05, 4.69) is 276 Å². The van der Waals surface area contributed by atoms with Gasteiger partial charge in [-0.05, 0) is 120 Å². The van der Waals surface area contributed by atoms with Gasteiger partial charge in [-0.15, -0.1) is 0 Å². The van der Waals surface area contributed by atoms with Gasteiger partial charge in [0.2, 0.25) is 0 Å². The van der Waals surface area contributed by atoms with Gasteiger partial charge in [0.15, 0.2) is 0 Å². The van der Waals surface area contributed by atoms with Gasteiger partial charge in [-0.2, -0.15) is 0 Å². The van der Waals surface area contributed by atoms with E-state index >= 15 is 0 Å². The van der Waals surface area contributed by atoms with Crippen molar-refractivity contribution >= 4 is 65.8 Å². The van der Waals surface area contributed by atoms with E-state index in [1.165, 1.54) is 93.2 Å². The monoisotopic (exact) mass is 876 g/mol. The first kappa shape index (κ1) is 39.2. The summed E-state index contributed by atoms with van der Waals surface area (Å²) in [4.78, 5) is 2.44. The summed E-state index contributed by atoms with van der Waals surface area (Å²) < 4.78 is 2.52. The molecule has 11 aromatic carbocycles. The van der Waals surface area contributed by atoms with Crippen LogP contribution in [0.15, 0.2) is 267 Å². The van der Waals surface area contributed by atoms with E-state index in [1.54, 1.807) is 0 Å². The predicted molar refractivity (Wildman–Crippen MR) is 290 cm³/mol. The molecule has 0 bridgehead atoms. The minimum absolute atomic E-state index is 0.518. The first-order valence-corrected chi connectivity index (χ1v) is 23.9. The largest absolute Gasteiger partial charge is 0.310 e. The quantitative estimate of drug-likeness (QED) is 0.145. The zero-order chi connectivity index (χ0) is 45.5. The lowest BCUT2D eigenvalue weighted by Gasteiger charge is -2.35. The third-order valence-electron chi connectivity index (χ3n) is 14.8. The molecule has 2 nitrogen and oxygen atoms in total. The second-order valence-corrected chi connectivity index (χ2v) is 18.4. The molecule has 0 saturated heterocycles. The molecule has 0 radical (unpaired) electrons. The van der Waals surface area contributed by atoms with Crippen molar-refractivity contribution in [1.82, 2.24) is 4.40 Å². The van der Waals surface area contributed by atoms with Gasteiger partial charge in [0, 0.05) is 33.4 Å². The van der Waals surface area contributed by atoms with E-state index < -0.39 is 5.41 Å². The third-order valence-corrected chi connectivity index (χ3v) is 14.8. The van der Waals surface area contributed by atoms with Crippen molar-refractivity contribution in [3.8, 4) is 33.5 Å². The van der Waals surface area contributed by atoms with Crippen molar-refractivity contribution in [2.45, 2.75) is 5.41 Å². The Balaban J connectivity index is 0.995. The molecule has 0 spiro atoms. The molecule has 14 rings (SSSR count). The van der Waals surface area contributed by atoms with Gasteiger partial charge in [0.1, 0.15) is 0 Å². The summed E-state index contributed by atoms with van der Waals surface area (Å²) in [6, 6.07) is 98.6. The molecule has 322 valence electrons. The highest BCUT2D eigenvalue weighted by Gasteiger charge is 2.46. The minimum atomic E-state index is -0.518. The molecule has 2 heterocycles. The lowest BCUT2D eigenvalue weighted by atomic mass is 9.67. The number of aromatic nitrogens is 1. The van der Waals surface area contributed by atoms with E-state index in [0.29, 0.717) is 0 Å². The van der Waals surface area contributed by atoms with Crippen LogP contribution in [0.4, 0.5) is 17.1 Å². The van der Waals surface area contributed by atoms with Crippen LogP contribution in [0.5, 0.6) is 0 Å². The number of hydrogen-bond acceptors (Lipinski definition) is 1. The van der Waals surface area contributed by atoms with Crippen LogP contribution in [0.2, 0.25) is 0 Å². The molecular weight excluding hydrogens is 833 g/mol. The lowest BCUT2D eigenvalue weighted by molar-refractivity contribution is 0.768. The maximum absolute atomic E-state index is 2.52. The summed E-state index contributed by atoms with van der Waals surface area (Å²) in [5.74, 6) is 0. The van der Waals surface area contributed by atoms with Gasteiger partial charge in [-0.3, -0.25) is 0 Å². The molecule has 69 heavy (non-hydrogen) atoms. The highest BCUT2D eigenvalue weighted by Crippen LogP contribution is 2.57. The number of fused-ring (bicyclic) bond motifs is 12. The third kappa shape index (κ3) is 5.86. The highest BCUT2D eigenvalue weighted by atomic mass is 15.1. The van der Waals surface area contributed by atoms with Crippen molar-refractivity contribution in [2.75, 3.05) is 4.90 Å². The van der Waals surface area contributed by atoms with Crippen LogP contribution in [-0.2, 0) is 5.41 Å². The SMILES string of the molecule is c1ccc(-c2c3c4ccccc4c4ccccc4c3n3c(-c4ccc(N(c5ccc6c(c5)C(c5ccccc5)(c5ccccc5)c5ccccc5-6)c5ccc6ccccc6c5)cc4)cccc23)cc1. The summed E-state index contributed by atoms with van der Waals surface area (Å²) in [6.07, 6.45) is 0. The number of benzene rings is 11. The Hall–Kier alpha value is -8.98. The Kier molecular flexibility index (Phi) is 8.84. The molecule has 2 heteroatoms.